The van der Waals surface area contributed by atoms with Gasteiger partial charge in [-0.25, -0.2) is 18.1 Å². The highest BCUT2D eigenvalue weighted by Gasteiger charge is 2.36. The lowest BCUT2D eigenvalue weighted by molar-refractivity contribution is 0.347. The first-order valence-electron chi connectivity index (χ1n) is 7.42. The van der Waals surface area contributed by atoms with Crippen LogP contribution in [0.25, 0.3) is 0 Å². The van der Waals surface area contributed by atoms with Crippen LogP contribution in [0.2, 0.25) is 0 Å². The van der Waals surface area contributed by atoms with Gasteiger partial charge in [-0.2, -0.15) is 4.98 Å². The van der Waals surface area contributed by atoms with Crippen LogP contribution in [0.15, 0.2) is 15.7 Å². The molecule has 0 atom stereocenters. The lowest BCUT2D eigenvalue weighted by Crippen LogP contribution is -2.34. The van der Waals surface area contributed by atoms with Crippen molar-refractivity contribution in [2.75, 3.05) is 0 Å². The Balaban J connectivity index is 0.00000208. The second kappa shape index (κ2) is 6.79. The van der Waals surface area contributed by atoms with E-state index in [4.69, 9.17) is 10.3 Å². The van der Waals surface area contributed by atoms with E-state index in [-0.39, 0.29) is 29.9 Å². The van der Waals surface area contributed by atoms with E-state index in [2.05, 4.69) is 19.8 Å². The summed E-state index contributed by atoms with van der Waals surface area (Å²) in [5.74, 6) is 1.24. The Morgan fingerprint density at radius 3 is 2.62 bits per heavy atom. The summed E-state index contributed by atoms with van der Waals surface area (Å²) in [6.45, 7) is 1.63. The summed E-state index contributed by atoms with van der Waals surface area (Å²) in [6, 6.07) is 0. The number of rotatable bonds is 5. The summed E-state index contributed by atoms with van der Waals surface area (Å²) < 4.78 is 33.5. The van der Waals surface area contributed by atoms with Crippen molar-refractivity contribution < 1.29 is 12.9 Å². The molecule has 1 aliphatic rings. The van der Waals surface area contributed by atoms with Crippen molar-refractivity contribution in [3.63, 3.8) is 0 Å². The minimum Gasteiger partial charge on any atom is -0.338 e. The number of nitrogens with one attached hydrogen (secondary N) is 1. The highest BCUT2D eigenvalue weighted by atomic mass is 35.5. The van der Waals surface area contributed by atoms with Crippen molar-refractivity contribution >= 4 is 22.4 Å². The van der Waals surface area contributed by atoms with Crippen molar-refractivity contribution in [1.82, 2.24) is 24.4 Å². The number of hydrogen-bond donors (Lipinski definition) is 2. The van der Waals surface area contributed by atoms with Crippen molar-refractivity contribution in [3.05, 3.63) is 23.7 Å². The largest absolute Gasteiger partial charge is 0.338 e. The smallest absolute Gasteiger partial charge is 0.260 e. The molecule has 1 saturated carbocycles. The summed E-state index contributed by atoms with van der Waals surface area (Å²) in [5.41, 5.74) is 5.69. The topological polar surface area (TPSA) is 129 Å². The standard InChI is InChI=1S/C13H20N6O3S.ClH/c1-9-16-11(8-19(9)2)23(20,21)15-7-10-17-12(18-22-10)13(14)5-3-4-6-13;/h8,15H,3-7,14H2,1-2H3;1H. The van der Waals surface area contributed by atoms with E-state index in [9.17, 15) is 8.42 Å². The number of aromatic nitrogens is 4. The number of hydrogen-bond acceptors (Lipinski definition) is 7. The van der Waals surface area contributed by atoms with E-state index in [0.29, 0.717) is 11.6 Å². The van der Waals surface area contributed by atoms with Crippen LogP contribution in [-0.2, 0) is 29.2 Å². The van der Waals surface area contributed by atoms with Gasteiger partial charge in [0.25, 0.3) is 10.0 Å². The summed E-state index contributed by atoms with van der Waals surface area (Å²) in [5, 5.41) is 3.86. The van der Waals surface area contributed by atoms with Gasteiger partial charge in [-0.3, -0.25) is 0 Å². The fourth-order valence-corrected chi connectivity index (χ4v) is 3.66. The van der Waals surface area contributed by atoms with Gasteiger partial charge in [0.15, 0.2) is 10.9 Å². The zero-order valence-corrected chi connectivity index (χ0v) is 15.2. The molecule has 0 radical (unpaired) electrons. The quantitative estimate of drug-likeness (QED) is 0.787. The fourth-order valence-electron chi connectivity index (χ4n) is 2.64. The Morgan fingerprint density at radius 1 is 1.38 bits per heavy atom. The Labute approximate surface area is 146 Å². The van der Waals surface area contributed by atoms with Crippen LogP contribution >= 0.6 is 12.4 Å². The Kier molecular flexibility index (Phi) is 5.33. The third-order valence-corrected chi connectivity index (χ3v) is 5.46. The normalized spacial score (nSPS) is 17.0. The first kappa shape index (κ1) is 18.8. The number of aryl methyl sites for hydroxylation is 2. The van der Waals surface area contributed by atoms with Crippen molar-refractivity contribution in [1.29, 1.82) is 0 Å². The lowest BCUT2D eigenvalue weighted by Gasteiger charge is -2.17. The maximum absolute atomic E-state index is 12.2. The molecule has 2 aromatic rings. The lowest BCUT2D eigenvalue weighted by atomic mass is 9.99. The second-order valence-corrected chi connectivity index (χ2v) is 7.65. The van der Waals surface area contributed by atoms with Gasteiger partial charge in [-0.15, -0.1) is 12.4 Å². The third kappa shape index (κ3) is 3.61. The molecule has 3 N–H and O–H groups in total. The molecular weight excluding hydrogens is 356 g/mol. The molecule has 0 saturated heterocycles. The highest BCUT2D eigenvalue weighted by molar-refractivity contribution is 7.89. The predicted octanol–water partition coefficient (Wildman–Crippen LogP) is 0.740. The molecule has 134 valence electrons. The van der Waals surface area contributed by atoms with E-state index in [1.54, 1.807) is 18.5 Å². The van der Waals surface area contributed by atoms with Crippen LogP contribution in [0.1, 0.15) is 43.2 Å². The zero-order chi connectivity index (χ0) is 16.7. The van der Waals surface area contributed by atoms with Gasteiger partial charge in [0.1, 0.15) is 5.82 Å². The monoisotopic (exact) mass is 376 g/mol. The maximum Gasteiger partial charge on any atom is 0.260 e. The number of nitrogens with two attached hydrogens (primary N) is 1. The molecule has 2 heterocycles. The average Bonchev–Trinajstić information content (AvgIpc) is 3.19. The van der Waals surface area contributed by atoms with E-state index < -0.39 is 15.6 Å². The van der Waals surface area contributed by atoms with Crippen LogP contribution in [0, 0.1) is 6.92 Å². The molecule has 0 aliphatic heterocycles. The van der Waals surface area contributed by atoms with Gasteiger partial charge in [-0.1, -0.05) is 18.0 Å². The number of imidazole rings is 1. The molecule has 0 bridgehead atoms. The van der Waals surface area contributed by atoms with Crippen LogP contribution in [0.5, 0.6) is 0 Å². The molecule has 1 aliphatic carbocycles. The summed E-state index contributed by atoms with van der Waals surface area (Å²) in [7, 11) is -2.00. The molecule has 0 spiro atoms. The number of sulfonamides is 1. The highest BCUT2D eigenvalue weighted by Crippen LogP contribution is 2.34. The Hall–Kier alpha value is -1.49. The summed E-state index contributed by atoms with van der Waals surface area (Å²) in [6.07, 6.45) is 5.14. The van der Waals surface area contributed by atoms with Gasteiger partial charge in [-0.05, 0) is 19.8 Å². The second-order valence-electron chi connectivity index (χ2n) is 5.94. The molecule has 0 aromatic carbocycles. The summed E-state index contributed by atoms with van der Waals surface area (Å²) >= 11 is 0. The van der Waals surface area contributed by atoms with E-state index >= 15 is 0 Å². The molecule has 9 nitrogen and oxygen atoms in total. The van der Waals surface area contributed by atoms with Crippen LogP contribution in [-0.4, -0.2) is 28.1 Å². The first-order chi connectivity index (χ1) is 10.8. The van der Waals surface area contributed by atoms with Gasteiger partial charge in [0.2, 0.25) is 5.89 Å². The minimum absolute atomic E-state index is 0. The van der Waals surface area contributed by atoms with Gasteiger partial charge < -0.3 is 14.8 Å². The van der Waals surface area contributed by atoms with E-state index in [0.717, 1.165) is 25.7 Å². The van der Waals surface area contributed by atoms with Gasteiger partial charge in [0.05, 0.1) is 12.1 Å². The molecular formula is C13H21ClN6O3S. The predicted molar refractivity (Wildman–Crippen MR) is 87.8 cm³/mol. The molecule has 11 heteroatoms. The van der Waals surface area contributed by atoms with Gasteiger partial charge in [0, 0.05) is 13.2 Å². The molecule has 24 heavy (non-hydrogen) atoms. The molecule has 0 amide bonds. The van der Waals surface area contributed by atoms with Crippen molar-refractivity contribution in [3.8, 4) is 0 Å². The van der Waals surface area contributed by atoms with Crippen LogP contribution < -0.4 is 10.5 Å². The fraction of sp³-hybridized carbons (Fsp3) is 0.615. The Bertz CT molecular complexity index is 790. The Morgan fingerprint density at radius 2 is 2.04 bits per heavy atom. The van der Waals surface area contributed by atoms with E-state index in [1.165, 1.54) is 6.20 Å². The zero-order valence-electron chi connectivity index (χ0n) is 13.5. The molecule has 0 unspecified atom stereocenters. The minimum atomic E-state index is -3.73. The molecule has 2 aromatic heterocycles. The molecule has 3 rings (SSSR count). The first-order valence-corrected chi connectivity index (χ1v) is 8.90. The van der Waals surface area contributed by atoms with Crippen LogP contribution in [0.3, 0.4) is 0 Å². The number of halogens is 1. The average molecular weight is 377 g/mol. The SMILES string of the molecule is Cc1nc(S(=O)(=O)NCc2nc(C3(N)CCCC3)no2)cn1C.Cl. The summed E-state index contributed by atoms with van der Waals surface area (Å²) in [4.78, 5) is 8.23. The number of nitrogens with zero attached hydrogens (tertiary/aromatic N) is 4. The third-order valence-electron chi connectivity index (χ3n) is 4.18. The van der Waals surface area contributed by atoms with E-state index in [1.807, 2.05) is 0 Å². The maximum atomic E-state index is 12.2. The van der Waals surface area contributed by atoms with Gasteiger partial charge >= 0.3 is 0 Å². The molecule has 1 fully saturated rings. The van der Waals surface area contributed by atoms with Crippen LogP contribution in [0.4, 0.5) is 0 Å². The van der Waals surface area contributed by atoms with Crippen molar-refractivity contribution in [2.45, 2.75) is 49.7 Å². The van der Waals surface area contributed by atoms with Crippen molar-refractivity contribution in [2.24, 2.45) is 12.8 Å².